The number of hydrogen-bond acceptors (Lipinski definition) is 3. The molecule has 0 radical (unpaired) electrons. The fourth-order valence-corrected chi connectivity index (χ4v) is 2.91. The Morgan fingerprint density at radius 1 is 1.07 bits per heavy atom. The van der Waals surface area contributed by atoms with E-state index in [0.29, 0.717) is 12.5 Å². The Bertz CT molecular complexity index is 923. The molecule has 0 saturated carbocycles. The molecule has 1 aromatic carbocycles. The van der Waals surface area contributed by atoms with Gasteiger partial charge in [0, 0.05) is 17.6 Å². The Balaban J connectivity index is 0.00000261. The van der Waals surface area contributed by atoms with Gasteiger partial charge in [0.05, 0.1) is 12.2 Å². The summed E-state index contributed by atoms with van der Waals surface area (Å²) in [5.41, 5.74) is 12.3. The Morgan fingerprint density at radius 3 is 2.33 bits per heavy atom. The van der Waals surface area contributed by atoms with Crippen LogP contribution in [0.5, 0.6) is 0 Å². The quantitative estimate of drug-likeness (QED) is 0.338. The summed E-state index contributed by atoms with van der Waals surface area (Å²) < 4.78 is 1.83. The maximum absolute atomic E-state index is 6.00. The second kappa shape index (κ2) is 8.98. The van der Waals surface area contributed by atoms with Gasteiger partial charge < -0.3 is 11.1 Å². The van der Waals surface area contributed by atoms with E-state index >= 15 is 0 Å². The van der Waals surface area contributed by atoms with Crippen molar-refractivity contribution in [3.8, 4) is 5.82 Å². The number of aryl methyl sites for hydroxylation is 4. The molecule has 0 atom stereocenters. The SMILES string of the molecule is Cc1cc(C)cc(NC(N)=NCc2ccc(-n3nc(C)cc3C)nc2)c1.I. The van der Waals surface area contributed by atoms with Gasteiger partial charge in [-0.05, 0) is 68.7 Å². The topological polar surface area (TPSA) is 81.1 Å². The molecule has 0 aliphatic rings. The van der Waals surface area contributed by atoms with E-state index in [1.807, 2.05) is 48.9 Å². The summed E-state index contributed by atoms with van der Waals surface area (Å²) in [4.78, 5) is 8.87. The number of nitrogens with zero attached hydrogens (tertiary/aromatic N) is 4. The molecule has 0 spiro atoms. The van der Waals surface area contributed by atoms with Gasteiger partial charge in [-0.1, -0.05) is 12.1 Å². The molecule has 2 aromatic heterocycles. The number of pyridine rings is 1. The van der Waals surface area contributed by atoms with Crippen LogP contribution in [0.25, 0.3) is 5.82 Å². The minimum atomic E-state index is 0. The lowest BCUT2D eigenvalue weighted by molar-refractivity contribution is 0.803. The fraction of sp³-hybridized carbons (Fsp3) is 0.250. The lowest BCUT2D eigenvalue weighted by atomic mass is 10.1. The third-order valence-electron chi connectivity index (χ3n) is 3.96. The summed E-state index contributed by atoms with van der Waals surface area (Å²) in [6.07, 6.45) is 1.80. The summed E-state index contributed by atoms with van der Waals surface area (Å²) in [5, 5.41) is 7.58. The Hall–Kier alpha value is -2.42. The highest BCUT2D eigenvalue weighted by atomic mass is 127. The van der Waals surface area contributed by atoms with Gasteiger partial charge in [-0.3, -0.25) is 0 Å². The van der Waals surface area contributed by atoms with Gasteiger partial charge in [0.15, 0.2) is 11.8 Å². The number of hydrogen-bond donors (Lipinski definition) is 2. The van der Waals surface area contributed by atoms with Crippen molar-refractivity contribution in [1.29, 1.82) is 0 Å². The van der Waals surface area contributed by atoms with Crippen molar-refractivity contribution in [1.82, 2.24) is 14.8 Å². The van der Waals surface area contributed by atoms with Crippen LogP contribution in [0.15, 0.2) is 47.6 Å². The van der Waals surface area contributed by atoms with Crippen LogP contribution >= 0.6 is 24.0 Å². The van der Waals surface area contributed by atoms with Crippen molar-refractivity contribution in [3.05, 3.63) is 70.7 Å². The predicted octanol–water partition coefficient (Wildman–Crippen LogP) is 4.05. The first-order valence-electron chi connectivity index (χ1n) is 8.54. The van der Waals surface area contributed by atoms with Gasteiger partial charge in [-0.2, -0.15) is 5.10 Å². The van der Waals surface area contributed by atoms with Crippen LogP contribution in [0, 0.1) is 27.7 Å². The number of rotatable bonds is 4. The first-order valence-corrected chi connectivity index (χ1v) is 8.54. The molecule has 6 nitrogen and oxygen atoms in total. The molecule has 0 bridgehead atoms. The molecule has 0 aliphatic carbocycles. The van der Waals surface area contributed by atoms with Crippen LogP contribution in [0.4, 0.5) is 5.69 Å². The zero-order chi connectivity index (χ0) is 18.7. The number of halogens is 1. The number of aromatic nitrogens is 3. The number of nitrogens with two attached hydrogens (primary N) is 1. The molecule has 0 amide bonds. The van der Waals surface area contributed by atoms with Crippen molar-refractivity contribution < 1.29 is 0 Å². The second-order valence-electron chi connectivity index (χ2n) is 6.57. The van der Waals surface area contributed by atoms with Crippen molar-refractivity contribution in [3.63, 3.8) is 0 Å². The first kappa shape index (κ1) is 20.9. The number of guanidine groups is 1. The van der Waals surface area contributed by atoms with E-state index in [1.165, 1.54) is 11.1 Å². The Labute approximate surface area is 176 Å². The number of aliphatic imine (C=N–C) groups is 1. The Kier molecular flexibility index (Phi) is 6.95. The standard InChI is InChI=1S/C20H24N6.HI/c1-13-7-14(2)9-18(8-13)24-20(21)23-12-17-5-6-19(22-11-17)26-16(4)10-15(3)25-26;/h5-11H,12H2,1-4H3,(H3,21,23,24);1H. The first-order chi connectivity index (χ1) is 12.4. The normalized spacial score (nSPS) is 11.2. The summed E-state index contributed by atoms with van der Waals surface area (Å²) in [6.45, 7) is 8.56. The smallest absolute Gasteiger partial charge is 0.193 e. The molecule has 0 saturated heterocycles. The number of nitrogens with one attached hydrogen (secondary N) is 1. The second-order valence-corrected chi connectivity index (χ2v) is 6.57. The minimum Gasteiger partial charge on any atom is -0.370 e. The Morgan fingerprint density at radius 2 is 1.78 bits per heavy atom. The van der Waals surface area contributed by atoms with Crippen LogP contribution in [0.1, 0.15) is 28.1 Å². The van der Waals surface area contributed by atoms with Crippen molar-refractivity contribution in [2.24, 2.45) is 10.7 Å². The zero-order valence-corrected chi connectivity index (χ0v) is 18.4. The molecule has 0 unspecified atom stereocenters. The summed E-state index contributed by atoms with van der Waals surface area (Å²) >= 11 is 0. The molecular formula is C20H25IN6. The van der Waals surface area contributed by atoms with E-state index in [4.69, 9.17) is 5.73 Å². The molecule has 2 heterocycles. The maximum atomic E-state index is 6.00. The number of anilines is 1. The van der Waals surface area contributed by atoms with Gasteiger partial charge in [-0.25, -0.2) is 14.7 Å². The third-order valence-corrected chi connectivity index (χ3v) is 3.96. The molecule has 3 rings (SSSR count). The van der Waals surface area contributed by atoms with Crippen molar-refractivity contribution in [2.45, 2.75) is 34.2 Å². The van der Waals surface area contributed by atoms with Crippen LogP contribution < -0.4 is 11.1 Å². The zero-order valence-electron chi connectivity index (χ0n) is 16.0. The van der Waals surface area contributed by atoms with E-state index in [2.05, 4.69) is 40.3 Å². The van der Waals surface area contributed by atoms with Gasteiger partial charge >= 0.3 is 0 Å². The van der Waals surface area contributed by atoms with Crippen molar-refractivity contribution >= 4 is 35.6 Å². The number of benzene rings is 1. The van der Waals surface area contributed by atoms with Gasteiger partial charge in [-0.15, -0.1) is 24.0 Å². The predicted molar refractivity (Wildman–Crippen MR) is 121 cm³/mol. The summed E-state index contributed by atoms with van der Waals surface area (Å²) in [7, 11) is 0. The van der Waals surface area contributed by atoms with E-state index in [0.717, 1.165) is 28.5 Å². The van der Waals surface area contributed by atoms with Crippen LogP contribution in [0.3, 0.4) is 0 Å². The molecule has 3 aromatic rings. The molecule has 3 N–H and O–H groups in total. The highest BCUT2D eigenvalue weighted by molar-refractivity contribution is 14.0. The molecule has 0 fully saturated rings. The van der Waals surface area contributed by atoms with Crippen molar-refractivity contribution in [2.75, 3.05) is 5.32 Å². The fourth-order valence-electron chi connectivity index (χ4n) is 2.91. The molecule has 27 heavy (non-hydrogen) atoms. The van der Waals surface area contributed by atoms with Crippen LogP contribution in [-0.2, 0) is 6.54 Å². The highest BCUT2D eigenvalue weighted by Crippen LogP contribution is 2.14. The lowest BCUT2D eigenvalue weighted by Gasteiger charge is -2.08. The van der Waals surface area contributed by atoms with Crippen LogP contribution in [0.2, 0.25) is 0 Å². The lowest BCUT2D eigenvalue weighted by Crippen LogP contribution is -2.22. The van der Waals surface area contributed by atoms with E-state index in [-0.39, 0.29) is 24.0 Å². The molecule has 7 heteroatoms. The van der Waals surface area contributed by atoms with Gasteiger partial charge in [0.2, 0.25) is 0 Å². The van der Waals surface area contributed by atoms with E-state index < -0.39 is 0 Å². The minimum absolute atomic E-state index is 0. The maximum Gasteiger partial charge on any atom is 0.193 e. The average Bonchev–Trinajstić information content (AvgIpc) is 2.91. The van der Waals surface area contributed by atoms with Crippen LogP contribution in [-0.4, -0.2) is 20.7 Å². The molecule has 142 valence electrons. The molecular weight excluding hydrogens is 451 g/mol. The molecule has 0 aliphatic heterocycles. The summed E-state index contributed by atoms with van der Waals surface area (Å²) in [6, 6.07) is 12.2. The monoisotopic (exact) mass is 476 g/mol. The van der Waals surface area contributed by atoms with Gasteiger partial charge in [0.25, 0.3) is 0 Å². The largest absolute Gasteiger partial charge is 0.370 e. The van der Waals surface area contributed by atoms with E-state index in [9.17, 15) is 0 Å². The van der Waals surface area contributed by atoms with Gasteiger partial charge in [0.1, 0.15) is 0 Å². The summed E-state index contributed by atoms with van der Waals surface area (Å²) in [5.74, 6) is 1.18. The average molecular weight is 476 g/mol. The third kappa shape index (κ3) is 5.53. The highest BCUT2D eigenvalue weighted by Gasteiger charge is 2.05. The van der Waals surface area contributed by atoms with E-state index in [1.54, 1.807) is 6.20 Å².